The van der Waals surface area contributed by atoms with Gasteiger partial charge in [-0.3, -0.25) is 9.59 Å². The first-order chi connectivity index (χ1) is 16.9. The van der Waals surface area contributed by atoms with Gasteiger partial charge in [0, 0.05) is 50.9 Å². The third-order valence-electron chi connectivity index (χ3n) is 6.38. The van der Waals surface area contributed by atoms with Crippen LogP contribution >= 0.6 is 0 Å². The monoisotopic (exact) mass is 498 g/mol. The fourth-order valence-electron chi connectivity index (χ4n) is 4.39. The number of nitrogens with zero attached hydrogens (tertiary/aromatic N) is 5. The number of sulfonamides is 1. The van der Waals surface area contributed by atoms with Gasteiger partial charge in [0.1, 0.15) is 10.7 Å². The van der Waals surface area contributed by atoms with E-state index in [1.165, 1.54) is 10.5 Å². The number of anilines is 1. The van der Waals surface area contributed by atoms with Crippen LogP contribution in [-0.2, 0) is 26.0 Å². The molecule has 0 saturated carbocycles. The number of fused-ring (bicyclic) bond motifs is 1. The number of pyridine rings is 1. The number of aromatic amines is 1. The highest BCUT2D eigenvalue weighted by Gasteiger charge is 2.27. The lowest BCUT2D eigenvalue weighted by Gasteiger charge is -2.35. The summed E-state index contributed by atoms with van der Waals surface area (Å²) in [5.74, 6) is 0.612. The Balaban J connectivity index is 1.21. The number of rotatable bonds is 5. The van der Waals surface area contributed by atoms with E-state index in [1.54, 1.807) is 35.2 Å². The summed E-state index contributed by atoms with van der Waals surface area (Å²) in [5.41, 5.74) is 0.271. The lowest BCUT2D eigenvalue weighted by molar-refractivity contribution is -0.130. The summed E-state index contributed by atoms with van der Waals surface area (Å²) in [6, 6.07) is 10.4. The van der Waals surface area contributed by atoms with Crippen LogP contribution in [0.15, 0.2) is 52.3 Å². The van der Waals surface area contributed by atoms with Gasteiger partial charge in [0.05, 0.1) is 30.7 Å². The van der Waals surface area contributed by atoms with Crippen LogP contribution in [0.5, 0.6) is 0 Å². The molecule has 1 aromatic carbocycles. The molecule has 0 unspecified atom stereocenters. The largest absolute Gasteiger partial charge is 0.379 e. The van der Waals surface area contributed by atoms with Crippen LogP contribution in [0.25, 0.3) is 10.8 Å². The lowest BCUT2D eigenvalue weighted by Crippen LogP contribution is -2.49. The Kier molecular flexibility index (Phi) is 6.50. The Morgan fingerprint density at radius 1 is 0.971 bits per heavy atom. The topological polar surface area (TPSA) is 129 Å². The molecule has 12 heteroatoms. The molecule has 0 atom stereocenters. The zero-order valence-corrected chi connectivity index (χ0v) is 19.9. The number of benzene rings is 1. The smallest absolute Gasteiger partial charge is 0.272 e. The average molecular weight is 499 g/mol. The standard InChI is InChI=1S/C23H26N6O5S/c30-22(15-20-18-3-1-2-4-19(18)23(31)26-25-20)28-9-7-27(8-10-28)21-6-5-17(16-24-21)35(32,33)29-11-13-34-14-12-29/h1-6,16H,7-15H2,(H,26,31). The average Bonchev–Trinajstić information content (AvgIpc) is 2.91. The van der Waals surface area contributed by atoms with Crippen molar-refractivity contribution >= 4 is 32.5 Å². The minimum absolute atomic E-state index is 0.0609. The van der Waals surface area contributed by atoms with E-state index in [4.69, 9.17) is 4.74 Å². The molecule has 0 spiro atoms. The summed E-state index contributed by atoms with van der Waals surface area (Å²) >= 11 is 0. The Hall–Kier alpha value is -3.35. The van der Waals surface area contributed by atoms with Crippen LogP contribution < -0.4 is 10.5 Å². The van der Waals surface area contributed by atoms with Gasteiger partial charge >= 0.3 is 0 Å². The Bertz CT molecular complexity index is 1380. The van der Waals surface area contributed by atoms with Gasteiger partial charge in [-0.15, -0.1) is 0 Å². The SMILES string of the molecule is O=C(Cc1n[nH]c(=O)c2ccccc12)N1CCN(c2ccc(S(=O)(=O)N3CCOCC3)cn2)CC1. The van der Waals surface area contributed by atoms with Crippen molar-refractivity contribution in [2.75, 3.05) is 57.4 Å². The summed E-state index contributed by atoms with van der Waals surface area (Å²) < 4.78 is 32.2. The molecule has 0 radical (unpaired) electrons. The molecule has 184 valence electrons. The number of ether oxygens (including phenoxy) is 1. The normalized spacial score (nSPS) is 17.6. The predicted molar refractivity (Wildman–Crippen MR) is 129 cm³/mol. The first-order valence-electron chi connectivity index (χ1n) is 11.5. The maximum atomic E-state index is 12.9. The minimum atomic E-state index is -3.59. The third-order valence-corrected chi connectivity index (χ3v) is 8.26. The number of hydrogen-bond acceptors (Lipinski definition) is 8. The molecule has 5 rings (SSSR count). The summed E-state index contributed by atoms with van der Waals surface area (Å²) in [5, 5.41) is 7.77. The van der Waals surface area contributed by atoms with Crippen molar-refractivity contribution in [2.24, 2.45) is 0 Å². The number of hydrogen-bond donors (Lipinski definition) is 1. The summed E-state index contributed by atoms with van der Waals surface area (Å²) in [6.45, 7) is 3.63. The van der Waals surface area contributed by atoms with Crippen LogP contribution in [0.3, 0.4) is 0 Å². The maximum Gasteiger partial charge on any atom is 0.272 e. The Labute approximate surface area is 202 Å². The molecule has 2 aromatic heterocycles. The van der Waals surface area contributed by atoms with Crippen LogP contribution in [0.1, 0.15) is 5.69 Å². The van der Waals surface area contributed by atoms with Gasteiger partial charge < -0.3 is 14.5 Å². The molecule has 2 saturated heterocycles. The van der Waals surface area contributed by atoms with E-state index >= 15 is 0 Å². The number of morpholine rings is 1. The van der Waals surface area contributed by atoms with Crippen molar-refractivity contribution in [3.05, 3.63) is 58.6 Å². The van der Waals surface area contributed by atoms with E-state index in [2.05, 4.69) is 15.2 Å². The molecule has 3 aromatic rings. The molecule has 0 bridgehead atoms. The number of piperazine rings is 1. The number of amides is 1. The quantitative estimate of drug-likeness (QED) is 0.529. The van der Waals surface area contributed by atoms with Gasteiger partial charge in [0.25, 0.3) is 5.56 Å². The lowest BCUT2D eigenvalue weighted by atomic mass is 10.1. The molecule has 0 aliphatic carbocycles. The zero-order valence-electron chi connectivity index (χ0n) is 19.1. The second kappa shape index (κ2) is 9.72. The fraction of sp³-hybridized carbons (Fsp3) is 0.391. The molecule has 1 N–H and O–H groups in total. The first kappa shape index (κ1) is 23.4. The van der Waals surface area contributed by atoms with Crippen LogP contribution in [0, 0.1) is 0 Å². The van der Waals surface area contributed by atoms with Gasteiger partial charge in [-0.05, 0) is 18.2 Å². The van der Waals surface area contributed by atoms with Crippen molar-refractivity contribution in [3.63, 3.8) is 0 Å². The molecule has 2 fully saturated rings. The van der Waals surface area contributed by atoms with E-state index in [0.717, 1.165) is 0 Å². The number of aromatic nitrogens is 3. The molecule has 1 amide bonds. The highest BCUT2D eigenvalue weighted by Crippen LogP contribution is 2.21. The van der Waals surface area contributed by atoms with Crippen molar-refractivity contribution in [1.82, 2.24) is 24.4 Å². The molecule has 4 heterocycles. The zero-order chi connectivity index (χ0) is 24.4. The highest BCUT2D eigenvalue weighted by molar-refractivity contribution is 7.89. The van der Waals surface area contributed by atoms with Gasteiger partial charge in [-0.2, -0.15) is 9.40 Å². The van der Waals surface area contributed by atoms with E-state index in [1.807, 2.05) is 11.0 Å². The third kappa shape index (κ3) is 4.77. The molecule has 2 aliphatic rings. The molecule has 11 nitrogen and oxygen atoms in total. The number of carbonyl (C=O) groups is 1. The van der Waals surface area contributed by atoms with Crippen molar-refractivity contribution in [1.29, 1.82) is 0 Å². The number of nitrogens with one attached hydrogen (secondary N) is 1. The highest BCUT2D eigenvalue weighted by atomic mass is 32.2. The first-order valence-corrected chi connectivity index (χ1v) is 12.9. The molecular formula is C23H26N6O5S. The van der Waals surface area contributed by atoms with E-state index in [-0.39, 0.29) is 22.8 Å². The summed E-state index contributed by atoms with van der Waals surface area (Å²) in [6.07, 6.45) is 1.49. The Morgan fingerprint density at radius 3 is 2.37 bits per heavy atom. The molecule has 2 aliphatic heterocycles. The van der Waals surface area contributed by atoms with Gasteiger partial charge in [-0.25, -0.2) is 18.5 Å². The van der Waals surface area contributed by atoms with Crippen molar-refractivity contribution in [2.45, 2.75) is 11.3 Å². The van der Waals surface area contributed by atoms with Gasteiger partial charge in [-0.1, -0.05) is 18.2 Å². The predicted octanol–water partition coefficient (Wildman–Crippen LogP) is 0.230. The molecular weight excluding hydrogens is 472 g/mol. The van der Waals surface area contributed by atoms with Gasteiger partial charge in [0.2, 0.25) is 15.9 Å². The van der Waals surface area contributed by atoms with E-state index < -0.39 is 10.0 Å². The second-order valence-corrected chi connectivity index (χ2v) is 10.4. The summed E-state index contributed by atoms with van der Waals surface area (Å²) in [4.78, 5) is 33.3. The van der Waals surface area contributed by atoms with Crippen LogP contribution in [-0.4, -0.2) is 91.2 Å². The van der Waals surface area contributed by atoms with Crippen LogP contribution in [0.4, 0.5) is 5.82 Å². The number of carbonyl (C=O) groups excluding carboxylic acids is 1. The number of H-pyrrole nitrogens is 1. The van der Waals surface area contributed by atoms with E-state index in [0.29, 0.717) is 74.8 Å². The maximum absolute atomic E-state index is 12.9. The Morgan fingerprint density at radius 2 is 1.69 bits per heavy atom. The fourth-order valence-corrected chi connectivity index (χ4v) is 5.75. The van der Waals surface area contributed by atoms with Crippen molar-refractivity contribution < 1.29 is 17.9 Å². The van der Waals surface area contributed by atoms with E-state index in [9.17, 15) is 18.0 Å². The van der Waals surface area contributed by atoms with Gasteiger partial charge in [0.15, 0.2) is 0 Å². The molecule has 35 heavy (non-hydrogen) atoms. The van der Waals surface area contributed by atoms with Crippen molar-refractivity contribution in [3.8, 4) is 0 Å². The second-order valence-electron chi connectivity index (χ2n) is 8.46. The summed E-state index contributed by atoms with van der Waals surface area (Å²) in [7, 11) is -3.59. The van der Waals surface area contributed by atoms with Crippen LogP contribution in [0.2, 0.25) is 0 Å². The minimum Gasteiger partial charge on any atom is -0.379 e.